The number of hydrogen-bond acceptors (Lipinski definition) is 6. The van der Waals surface area contributed by atoms with Crippen LogP contribution in [0.25, 0.3) is 0 Å². The van der Waals surface area contributed by atoms with Crippen LogP contribution in [0.2, 0.25) is 0 Å². The van der Waals surface area contributed by atoms with Gasteiger partial charge in [0.2, 0.25) is 5.82 Å². The molecule has 0 aliphatic heterocycles. The molecule has 0 radical (unpaired) electrons. The second-order valence-corrected chi connectivity index (χ2v) is 3.96. The molecule has 0 aromatic carbocycles. The molecule has 1 aromatic rings. The van der Waals surface area contributed by atoms with Crippen LogP contribution in [0.4, 0.5) is 17.3 Å². The van der Waals surface area contributed by atoms with Gasteiger partial charge in [-0.05, 0) is 13.0 Å². The number of pyridine rings is 1. The summed E-state index contributed by atoms with van der Waals surface area (Å²) >= 11 is 0. The van der Waals surface area contributed by atoms with E-state index in [0.29, 0.717) is 18.2 Å². The monoisotopic (exact) mass is 254 g/mol. The predicted octanol–water partition coefficient (Wildman–Crippen LogP) is 1.50. The summed E-state index contributed by atoms with van der Waals surface area (Å²) in [6, 6.07) is 3.02. The number of anilines is 2. The highest BCUT2D eigenvalue weighted by molar-refractivity contribution is 5.61. The van der Waals surface area contributed by atoms with Crippen molar-refractivity contribution in [1.82, 2.24) is 4.98 Å². The van der Waals surface area contributed by atoms with Crippen molar-refractivity contribution in [3.8, 4) is 0 Å². The quantitative estimate of drug-likeness (QED) is 0.612. The van der Waals surface area contributed by atoms with Gasteiger partial charge in [0.05, 0.1) is 17.6 Å². The molecular weight excluding hydrogens is 236 g/mol. The van der Waals surface area contributed by atoms with Crippen molar-refractivity contribution < 1.29 is 9.66 Å². The van der Waals surface area contributed by atoms with E-state index in [1.807, 2.05) is 6.92 Å². The number of nitrogens with zero attached hydrogens (tertiary/aromatic N) is 3. The van der Waals surface area contributed by atoms with Crippen LogP contribution in [0.3, 0.4) is 0 Å². The highest BCUT2D eigenvalue weighted by Gasteiger charge is 2.22. The van der Waals surface area contributed by atoms with Gasteiger partial charge in [-0.15, -0.1) is 0 Å². The van der Waals surface area contributed by atoms with Gasteiger partial charge in [-0.25, -0.2) is 4.98 Å². The number of aromatic nitrogens is 1. The Morgan fingerprint density at radius 1 is 1.61 bits per heavy atom. The van der Waals surface area contributed by atoms with Gasteiger partial charge in [0, 0.05) is 27.3 Å². The van der Waals surface area contributed by atoms with Crippen LogP contribution in [-0.4, -0.2) is 43.8 Å². The van der Waals surface area contributed by atoms with E-state index >= 15 is 0 Å². The molecule has 0 amide bonds. The molecule has 0 aliphatic rings. The van der Waals surface area contributed by atoms with Gasteiger partial charge in [-0.2, -0.15) is 0 Å². The molecule has 0 bridgehead atoms. The minimum Gasteiger partial charge on any atom is -0.383 e. The third-order valence-electron chi connectivity index (χ3n) is 2.71. The summed E-state index contributed by atoms with van der Waals surface area (Å²) in [5.74, 6) is 0.920. The molecule has 18 heavy (non-hydrogen) atoms. The Morgan fingerprint density at radius 3 is 2.78 bits per heavy atom. The van der Waals surface area contributed by atoms with Gasteiger partial charge in [-0.1, -0.05) is 0 Å². The van der Waals surface area contributed by atoms with E-state index in [-0.39, 0.29) is 11.7 Å². The van der Waals surface area contributed by atoms with E-state index < -0.39 is 4.92 Å². The molecule has 7 heteroatoms. The Bertz CT molecular complexity index is 425. The molecule has 1 aromatic heterocycles. The van der Waals surface area contributed by atoms with Crippen molar-refractivity contribution in [3.63, 3.8) is 0 Å². The highest BCUT2D eigenvalue weighted by Crippen LogP contribution is 2.27. The summed E-state index contributed by atoms with van der Waals surface area (Å²) in [6.07, 6.45) is 0. The van der Waals surface area contributed by atoms with Gasteiger partial charge in [-0.3, -0.25) is 10.1 Å². The number of nitrogens with one attached hydrogen (secondary N) is 1. The van der Waals surface area contributed by atoms with Crippen molar-refractivity contribution >= 4 is 17.3 Å². The summed E-state index contributed by atoms with van der Waals surface area (Å²) in [6.45, 7) is 2.39. The molecule has 1 heterocycles. The van der Waals surface area contributed by atoms with Gasteiger partial charge in [0.1, 0.15) is 5.82 Å². The zero-order valence-corrected chi connectivity index (χ0v) is 11.0. The zero-order chi connectivity index (χ0) is 13.7. The fourth-order valence-corrected chi connectivity index (χ4v) is 1.54. The van der Waals surface area contributed by atoms with Gasteiger partial charge in [0.25, 0.3) is 0 Å². The summed E-state index contributed by atoms with van der Waals surface area (Å²) in [5.41, 5.74) is -0.0144. The molecule has 1 unspecified atom stereocenters. The van der Waals surface area contributed by atoms with E-state index in [1.54, 1.807) is 32.2 Å². The van der Waals surface area contributed by atoms with Crippen molar-refractivity contribution in [2.45, 2.75) is 13.0 Å². The van der Waals surface area contributed by atoms with Gasteiger partial charge in [0.15, 0.2) is 0 Å². The SMILES string of the molecule is CNc1ccc([N+](=O)[O-])c(N(C)C(C)COC)n1. The standard InChI is InChI=1S/C11H18N4O3/c1-8(7-18-4)14(3)11-9(15(16)17)5-6-10(12-2)13-11/h5-6,8H,7H2,1-4H3,(H,12,13). The Morgan fingerprint density at radius 2 is 2.28 bits per heavy atom. The van der Waals surface area contributed by atoms with Crippen molar-refractivity contribution in [2.24, 2.45) is 0 Å². The lowest BCUT2D eigenvalue weighted by Gasteiger charge is -2.25. The zero-order valence-electron chi connectivity index (χ0n) is 11.0. The molecule has 1 atom stereocenters. The normalized spacial score (nSPS) is 12.0. The molecule has 1 rings (SSSR count). The first-order valence-corrected chi connectivity index (χ1v) is 5.56. The minimum absolute atomic E-state index is 0.00620. The largest absolute Gasteiger partial charge is 0.383 e. The molecule has 100 valence electrons. The third kappa shape index (κ3) is 3.07. The summed E-state index contributed by atoms with van der Waals surface area (Å²) in [7, 11) is 5.07. The smallest absolute Gasteiger partial charge is 0.311 e. The molecule has 0 spiro atoms. The Hall–Kier alpha value is -1.89. The third-order valence-corrected chi connectivity index (χ3v) is 2.71. The summed E-state index contributed by atoms with van der Waals surface area (Å²) < 4.78 is 5.05. The van der Waals surface area contributed by atoms with Crippen LogP contribution in [0, 0.1) is 10.1 Å². The Labute approximate surface area is 106 Å². The highest BCUT2D eigenvalue weighted by atomic mass is 16.6. The van der Waals surface area contributed by atoms with E-state index in [4.69, 9.17) is 4.74 Å². The first kappa shape index (κ1) is 14.2. The van der Waals surface area contributed by atoms with Crippen LogP contribution in [0.1, 0.15) is 6.92 Å². The van der Waals surface area contributed by atoms with E-state index in [1.165, 1.54) is 6.07 Å². The van der Waals surface area contributed by atoms with Crippen LogP contribution < -0.4 is 10.2 Å². The maximum Gasteiger partial charge on any atom is 0.311 e. The topological polar surface area (TPSA) is 80.5 Å². The first-order valence-electron chi connectivity index (χ1n) is 5.56. The van der Waals surface area contributed by atoms with E-state index in [2.05, 4.69) is 10.3 Å². The van der Waals surface area contributed by atoms with Crippen LogP contribution in [-0.2, 0) is 4.74 Å². The fraction of sp³-hybridized carbons (Fsp3) is 0.545. The van der Waals surface area contributed by atoms with Crippen molar-refractivity contribution in [2.75, 3.05) is 38.0 Å². The molecule has 7 nitrogen and oxygen atoms in total. The maximum atomic E-state index is 11.0. The Kier molecular flexibility index (Phi) is 4.85. The lowest BCUT2D eigenvalue weighted by atomic mass is 10.3. The average molecular weight is 254 g/mol. The second kappa shape index (κ2) is 6.15. The first-order chi connectivity index (χ1) is 8.51. The molecule has 0 saturated carbocycles. The van der Waals surface area contributed by atoms with Gasteiger partial charge >= 0.3 is 5.69 Å². The lowest BCUT2D eigenvalue weighted by Crippen LogP contribution is -2.33. The van der Waals surface area contributed by atoms with Crippen molar-refractivity contribution in [1.29, 1.82) is 0 Å². The summed E-state index contributed by atoms with van der Waals surface area (Å²) in [4.78, 5) is 16.5. The molecule has 0 saturated heterocycles. The Balaban J connectivity index is 3.14. The number of ether oxygens (including phenoxy) is 1. The second-order valence-electron chi connectivity index (χ2n) is 3.96. The lowest BCUT2D eigenvalue weighted by molar-refractivity contribution is -0.384. The number of hydrogen-bond donors (Lipinski definition) is 1. The fourth-order valence-electron chi connectivity index (χ4n) is 1.54. The average Bonchev–Trinajstić information content (AvgIpc) is 2.37. The number of likely N-dealkylation sites (N-methyl/N-ethyl adjacent to an activating group) is 1. The molecular formula is C11H18N4O3. The van der Waals surface area contributed by atoms with Crippen LogP contribution >= 0.6 is 0 Å². The number of nitro groups is 1. The van der Waals surface area contributed by atoms with Crippen molar-refractivity contribution in [3.05, 3.63) is 22.2 Å². The van der Waals surface area contributed by atoms with Gasteiger partial charge < -0.3 is 15.0 Å². The van der Waals surface area contributed by atoms with E-state index in [9.17, 15) is 10.1 Å². The predicted molar refractivity (Wildman–Crippen MR) is 70.2 cm³/mol. The number of methoxy groups -OCH3 is 1. The van der Waals surface area contributed by atoms with E-state index in [0.717, 1.165) is 0 Å². The molecule has 0 fully saturated rings. The minimum atomic E-state index is -0.433. The van der Waals surface area contributed by atoms with Crippen LogP contribution in [0.15, 0.2) is 12.1 Å². The maximum absolute atomic E-state index is 11.0. The molecule has 0 aliphatic carbocycles. The van der Waals surface area contributed by atoms with Crippen LogP contribution in [0.5, 0.6) is 0 Å². The molecule has 1 N–H and O–H groups in total. The summed E-state index contributed by atoms with van der Waals surface area (Å²) in [5, 5.41) is 13.9. The number of rotatable bonds is 6.